The van der Waals surface area contributed by atoms with Crippen LogP contribution in [0.2, 0.25) is 0 Å². The molecule has 0 spiro atoms. The molecule has 0 aromatic rings. The highest BCUT2D eigenvalue weighted by molar-refractivity contribution is 5.83. The van der Waals surface area contributed by atoms with Crippen molar-refractivity contribution in [2.75, 3.05) is 13.7 Å². The molecule has 0 aliphatic rings. The predicted molar refractivity (Wildman–Crippen MR) is 31.0 cm³/mol. The number of alkyl halides is 2. The van der Waals surface area contributed by atoms with E-state index >= 15 is 0 Å². The first kappa shape index (κ1) is 9.80. The van der Waals surface area contributed by atoms with Crippen LogP contribution in [0.3, 0.4) is 0 Å². The van der Waals surface area contributed by atoms with Gasteiger partial charge in [-0.25, -0.2) is 0 Å². The number of hydrogen-bond acceptors (Lipinski definition) is 3. The molecule has 64 valence electrons. The highest BCUT2D eigenvalue weighted by Crippen LogP contribution is 1.89. The Morgan fingerprint density at radius 3 is 2.45 bits per heavy atom. The van der Waals surface area contributed by atoms with Crippen molar-refractivity contribution in [3.05, 3.63) is 0 Å². The lowest BCUT2D eigenvalue weighted by Crippen LogP contribution is -2.34. The van der Waals surface area contributed by atoms with Crippen molar-refractivity contribution in [1.29, 1.82) is 0 Å². The first-order chi connectivity index (χ1) is 5.07. The molecule has 0 atom stereocenters. The van der Waals surface area contributed by atoms with E-state index in [-0.39, 0.29) is 0 Å². The second-order valence-corrected chi connectivity index (χ2v) is 1.59. The second-order valence-electron chi connectivity index (χ2n) is 1.59. The molecule has 0 bridgehead atoms. The highest BCUT2D eigenvalue weighted by atomic mass is 19.3. The van der Waals surface area contributed by atoms with E-state index in [1.54, 1.807) is 5.32 Å². The standard InChI is InChI=1S/C5H7F2NO3/c1-11-3(9)2-8-5(10)4(6)7/h4H,2H2,1H3,(H,8,10). The summed E-state index contributed by atoms with van der Waals surface area (Å²) in [4.78, 5) is 20.4. The van der Waals surface area contributed by atoms with Gasteiger partial charge in [0.05, 0.1) is 7.11 Å². The van der Waals surface area contributed by atoms with Gasteiger partial charge in [0.15, 0.2) is 0 Å². The molecule has 0 aliphatic carbocycles. The minimum Gasteiger partial charge on any atom is -0.468 e. The van der Waals surface area contributed by atoms with E-state index < -0.39 is 24.8 Å². The van der Waals surface area contributed by atoms with Gasteiger partial charge in [-0.2, -0.15) is 8.78 Å². The zero-order valence-electron chi connectivity index (χ0n) is 5.77. The van der Waals surface area contributed by atoms with E-state index in [1.807, 2.05) is 0 Å². The molecule has 0 fully saturated rings. The molecule has 0 aromatic heterocycles. The Labute approximate surface area is 61.5 Å². The first-order valence-corrected chi connectivity index (χ1v) is 2.70. The number of ether oxygens (including phenoxy) is 1. The highest BCUT2D eigenvalue weighted by Gasteiger charge is 2.15. The van der Waals surface area contributed by atoms with Crippen LogP contribution in [0, 0.1) is 0 Å². The molecule has 1 amide bonds. The number of nitrogens with one attached hydrogen (secondary N) is 1. The van der Waals surface area contributed by atoms with Crippen molar-refractivity contribution in [2.45, 2.75) is 6.43 Å². The molecule has 0 rings (SSSR count). The second kappa shape index (κ2) is 4.59. The van der Waals surface area contributed by atoms with Gasteiger partial charge in [-0.15, -0.1) is 0 Å². The van der Waals surface area contributed by atoms with Crippen molar-refractivity contribution in [3.8, 4) is 0 Å². The summed E-state index contributed by atoms with van der Waals surface area (Å²) in [6.45, 7) is -0.528. The van der Waals surface area contributed by atoms with E-state index in [2.05, 4.69) is 4.74 Å². The van der Waals surface area contributed by atoms with Crippen LogP contribution in [0.25, 0.3) is 0 Å². The maximum absolute atomic E-state index is 11.4. The van der Waals surface area contributed by atoms with Crippen molar-refractivity contribution in [1.82, 2.24) is 5.32 Å². The van der Waals surface area contributed by atoms with Crippen LogP contribution >= 0.6 is 0 Å². The van der Waals surface area contributed by atoms with Gasteiger partial charge in [-0.3, -0.25) is 9.59 Å². The predicted octanol–water partition coefficient (Wildman–Crippen LogP) is -0.459. The summed E-state index contributed by atoms with van der Waals surface area (Å²) in [5, 5.41) is 1.67. The minimum atomic E-state index is -3.10. The summed E-state index contributed by atoms with van der Waals surface area (Å²) in [6.07, 6.45) is -3.10. The number of carbonyl (C=O) groups excluding carboxylic acids is 2. The van der Waals surface area contributed by atoms with Gasteiger partial charge in [0.2, 0.25) is 0 Å². The number of methoxy groups -OCH3 is 1. The average Bonchev–Trinajstić information content (AvgIpc) is 1.99. The van der Waals surface area contributed by atoms with Gasteiger partial charge in [-0.05, 0) is 0 Å². The first-order valence-electron chi connectivity index (χ1n) is 2.70. The molecule has 11 heavy (non-hydrogen) atoms. The van der Waals surface area contributed by atoms with Crippen LogP contribution in [-0.4, -0.2) is 32.0 Å². The minimum absolute atomic E-state index is 0.528. The molecular formula is C5H7F2NO3. The summed E-state index contributed by atoms with van der Waals surface area (Å²) in [5.41, 5.74) is 0. The number of hydrogen-bond donors (Lipinski definition) is 1. The van der Waals surface area contributed by atoms with Gasteiger partial charge >= 0.3 is 12.4 Å². The summed E-state index contributed by atoms with van der Waals surface area (Å²) >= 11 is 0. The normalized spacial score (nSPS) is 9.45. The Balaban J connectivity index is 3.54. The van der Waals surface area contributed by atoms with Crippen LogP contribution in [-0.2, 0) is 14.3 Å². The lowest BCUT2D eigenvalue weighted by atomic mass is 10.5. The quantitative estimate of drug-likeness (QED) is 0.578. The number of esters is 1. The van der Waals surface area contributed by atoms with Crippen molar-refractivity contribution in [3.63, 3.8) is 0 Å². The third-order valence-corrected chi connectivity index (χ3v) is 0.833. The smallest absolute Gasteiger partial charge is 0.325 e. The fourth-order valence-electron chi connectivity index (χ4n) is 0.309. The molecular weight excluding hydrogens is 160 g/mol. The Morgan fingerprint density at radius 2 is 2.09 bits per heavy atom. The molecule has 0 saturated carbocycles. The summed E-state index contributed by atoms with van der Waals surface area (Å²) in [6, 6.07) is 0. The maximum atomic E-state index is 11.4. The Morgan fingerprint density at radius 1 is 1.55 bits per heavy atom. The van der Waals surface area contributed by atoms with E-state index in [9.17, 15) is 18.4 Å². The largest absolute Gasteiger partial charge is 0.468 e. The van der Waals surface area contributed by atoms with E-state index in [4.69, 9.17) is 0 Å². The SMILES string of the molecule is COC(=O)CNC(=O)C(F)F. The van der Waals surface area contributed by atoms with Crippen molar-refractivity contribution >= 4 is 11.9 Å². The Hall–Kier alpha value is -1.20. The van der Waals surface area contributed by atoms with Gasteiger partial charge in [-0.1, -0.05) is 0 Å². The van der Waals surface area contributed by atoms with Crippen LogP contribution in [0.4, 0.5) is 8.78 Å². The van der Waals surface area contributed by atoms with Crippen LogP contribution in [0.5, 0.6) is 0 Å². The fraction of sp³-hybridized carbons (Fsp3) is 0.600. The van der Waals surface area contributed by atoms with E-state index in [0.29, 0.717) is 0 Å². The van der Waals surface area contributed by atoms with Gasteiger partial charge < -0.3 is 10.1 Å². The maximum Gasteiger partial charge on any atom is 0.325 e. The average molecular weight is 167 g/mol. The Kier molecular flexibility index (Phi) is 4.09. The number of halogens is 2. The fourth-order valence-corrected chi connectivity index (χ4v) is 0.309. The molecule has 6 heteroatoms. The van der Waals surface area contributed by atoms with Gasteiger partial charge in [0.25, 0.3) is 5.91 Å². The summed E-state index contributed by atoms with van der Waals surface area (Å²) in [5.74, 6) is -2.24. The van der Waals surface area contributed by atoms with Gasteiger partial charge in [0.1, 0.15) is 6.54 Å². The van der Waals surface area contributed by atoms with Crippen LogP contribution in [0.15, 0.2) is 0 Å². The zero-order chi connectivity index (χ0) is 8.85. The van der Waals surface area contributed by atoms with Crippen LogP contribution < -0.4 is 5.32 Å². The molecule has 0 heterocycles. The molecule has 4 nitrogen and oxygen atoms in total. The Bertz CT molecular complexity index is 160. The summed E-state index contributed by atoms with van der Waals surface area (Å²) < 4.78 is 26.9. The van der Waals surface area contributed by atoms with Crippen molar-refractivity contribution < 1.29 is 23.1 Å². The number of rotatable bonds is 3. The third kappa shape index (κ3) is 4.24. The third-order valence-electron chi connectivity index (χ3n) is 0.833. The topological polar surface area (TPSA) is 55.4 Å². The van der Waals surface area contributed by atoms with Crippen LogP contribution in [0.1, 0.15) is 0 Å². The molecule has 0 aromatic carbocycles. The van der Waals surface area contributed by atoms with E-state index in [1.165, 1.54) is 0 Å². The monoisotopic (exact) mass is 167 g/mol. The number of amides is 1. The van der Waals surface area contributed by atoms with E-state index in [0.717, 1.165) is 7.11 Å². The zero-order valence-corrected chi connectivity index (χ0v) is 5.77. The lowest BCUT2D eigenvalue weighted by molar-refractivity contribution is -0.142. The molecule has 0 unspecified atom stereocenters. The molecule has 0 aliphatic heterocycles. The molecule has 1 N–H and O–H groups in total. The van der Waals surface area contributed by atoms with Crippen molar-refractivity contribution in [2.24, 2.45) is 0 Å². The summed E-state index contributed by atoms with van der Waals surface area (Å²) in [7, 11) is 1.09. The molecule has 0 saturated heterocycles. The molecule has 0 radical (unpaired) electrons. The van der Waals surface area contributed by atoms with Gasteiger partial charge in [0, 0.05) is 0 Å². The lowest BCUT2D eigenvalue weighted by Gasteiger charge is -2.01. The number of carbonyl (C=O) groups is 2.